The van der Waals surface area contributed by atoms with Crippen LogP contribution < -0.4 is 5.32 Å². The Balaban J connectivity index is 2.34. The summed E-state index contributed by atoms with van der Waals surface area (Å²) in [5, 5.41) is 11.2. The molecule has 10 heavy (non-hydrogen) atoms. The summed E-state index contributed by atoms with van der Waals surface area (Å²) in [4.78, 5) is 0. The van der Waals surface area contributed by atoms with Crippen molar-refractivity contribution < 1.29 is 0 Å². The van der Waals surface area contributed by atoms with Crippen molar-refractivity contribution in [1.29, 1.82) is 5.26 Å². The fraction of sp³-hybridized carbons (Fsp3) is 0.875. The Kier molecular flexibility index (Phi) is 2.56. The number of nitrogens with one attached hydrogen (secondary N) is 1. The molecule has 1 aliphatic rings. The maximum atomic E-state index is 8.38. The van der Waals surface area contributed by atoms with Crippen LogP contribution in [0.1, 0.15) is 32.6 Å². The molecule has 0 bridgehead atoms. The Morgan fingerprint density at radius 3 is 2.70 bits per heavy atom. The van der Waals surface area contributed by atoms with Crippen LogP contribution in [0.2, 0.25) is 0 Å². The molecule has 0 amide bonds. The van der Waals surface area contributed by atoms with E-state index in [4.69, 9.17) is 5.26 Å². The van der Waals surface area contributed by atoms with Crippen LogP contribution in [0.25, 0.3) is 0 Å². The van der Waals surface area contributed by atoms with Crippen LogP contribution in [-0.4, -0.2) is 6.04 Å². The van der Waals surface area contributed by atoms with Crippen LogP contribution >= 0.6 is 0 Å². The quantitative estimate of drug-likeness (QED) is 0.441. The summed E-state index contributed by atoms with van der Waals surface area (Å²) < 4.78 is 0. The zero-order valence-corrected chi connectivity index (χ0v) is 6.43. The van der Waals surface area contributed by atoms with E-state index in [0.717, 1.165) is 0 Å². The number of nitrogens with zero attached hydrogens (tertiary/aromatic N) is 1. The van der Waals surface area contributed by atoms with Crippen LogP contribution in [0.3, 0.4) is 0 Å². The second-order valence-corrected chi connectivity index (χ2v) is 3.12. The van der Waals surface area contributed by atoms with Gasteiger partial charge in [0.1, 0.15) is 0 Å². The van der Waals surface area contributed by atoms with Crippen LogP contribution in [0.4, 0.5) is 0 Å². The van der Waals surface area contributed by atoms with E-state index >= 15 is 0 Å². The van der Waals surface area contributed by atoms with Gasteiger partial charge in [0.15, 0.2) is 6.19 Å². The van der Waals surface area contributed by atoms with Crippen molar-refractivity contribution in [2.45, 2.75) is 38.6 Å². The lowest BCUT2D eigenvalue weighted by Gasteiger charge is -2.26. The summed E-state index contributed by atoms with van der Waals surface area (Å²) in [6.45, 7) is 2.22. The number of hydrogen-bond donors (Lipinski definition) is 1. The molecule has 56 valence electrons. The fourth-order valence-corrected chi connectivity index (χ4v) is 1.61. The number of rotatable bonds is 1. The zero-order chi connectivity index (χ0) is 7.40. The van der Waals surface area contributed by atoms with Gasteiger partial charge in [-0.05, 0) is 18.8 Å². The summed E-state index contributed by atoms with van der Waals surface area (Å²) in [6, 6.07) is 0.457. The first-order chi connectivity index (χ1) is 4.84. The largest absolute Gasteiger partial charge is 0.321 e. The van der Waals surface area contributed by atoms with Gasteiger partial charge in [-0.25, -0.2) is 0 Å². The molecule has 0 radical (unpaired) electrons. The first-order valence-electron chi connectivity index (χ1n) is 3.99. The molecule has 0 heterocycles. The van der Waals surface area contributed by atoms with Gasteiger partial charge in [-0.1, -0.05) is 19.8 Å². The molecule has 1 aliphatic carbocycles. The monoisotopic (exact) mass is 138 g/mol. The Bertz CT molecular complexity index is 137. The third kappa shape index (κ3) is 1.63. The second-order valence-electron chi connectivity index (χ2n) is 3.12. The first-order valence-corrected chi connectivity index (χ1v) is 3.99. The van der Waals surface area contributed by atoms with Gasteiger partial charge < -0.3 is 5.32 Å². The average molecular weight is 138 g/mol. The molecule has 2 heteroatoms. The van der Waals surface area contributed by atoms with Gasteiger partial charge in [0.25, 0.3) is 0 Å². The van der Waals surface area contributed by atoms with Crippen LogP contribution in [-0.2, 0) is 0 Å². The highest BCUT2D eigenvalue weighted by molar-refractivity contribution is 4.83. The van der Waals surface area contributed by atoms with E-state index in [0.29, 0.717) is 12.0 Å². The molecular weight excluding hydrogens is 124 g/mol. The normalized spacial score (nSPS) is 32.8. The SMILES string of the molecule is CC1CCCCC1NC#N. The minimum atomic E-state index is 0.457. The van der Waals surface area contributed by atoms with Crippen molar-refractivity contribution in [3.05, 3.63) is 0 Å². The zero-order valence-electron chi connectivity index (χ0n) is 6.43. The van der Waals surface area contributed by atoms with Gasteiger partial charge in [0, 0.05) is 6.04 Å². The molecule has 0 aromatic rings. The molecule has 0 aliphatic heterocycles. The van der Waals surface area contributed by atoms with Crippen molar-refractivity contribution in [2.24, 2.45) is 5.92 Å². The molecule has 0 saturated heterocycles. The average Bonchev–Trinajstić information content (AvgIpc) is 1.94. The summed E-state index contributed by atoms with van der Waals surface area (Å²) in [7, 11) is 0. The molecular formula is C8H14N2. The molecule has 0 aromatic heterocycles. The van der Waals surface area contributed by atoms with Crippen molar-refractivity contribution in [3.8, 4) is 6.19 Å². The highest BCUT2D eigenvalue weighted by Crippen LogP contribution is 2.23. The first kappa shape index (κ1) is 7.40. The van der Waals surface area contributed by atoms with Gasteiger partial charge in [0.2, 0.25) is 0 Å². The molecule has 1 rings (SSSR count). The van der Waals surface area contributed by atoms with Gasteiger partial charge in [0.05, 0.1) is 0 Å². The Hall–Kier alpha value is -0.710. The lowest BCUT2D eigenvalue weighted by Crippen LogP contribution is -2.33. The third-order valence-corrected chi connectivity index (χ3v) is 2.36. The van der Waals surface area contributed by atoms with E-state index in [-0.39, 0.29) is 0 Å². The van der Waals surface area contributed by atoms with E-state index in [9.17, 15) is 0 Å². The third-order valence-electron chi connectivity index (χ3n) is 2.36. The summed E-state index contributed by atoms with van der Waals surface area (Å²) in [5.41, 5.74) is 0. The van der Waals surface area contributed by atoms with Crippen molar-refractivity contribution >= 4 is 0 Å². The maximum absolute atomic E-state index is 8.38. The number of hydrogen-bond acceptors (Lipinski definition) is 2. The van der Waals surface area contributed by atoms with Crippen molar-refractivity contribution in [3.63, 3.8) is 0 Å². The van der Waals surface area contributed by atoms with Crippen molar-refractivity contribution in [2.75, 3.05) is 0 Å². The van der Waals surface area contributed by atoms with Gasteiger partial charge >= 0.3 is 0 Å². The summed E-state index contributed by atoms with van der Waals surface area (Å²) >= 11 is 0. The van der Waals surface area contributed by atoms with Crippen molar-refractivity contribution in [1.82, 2.24) is 5.32 Å². The smallest absolute Gasteiger partial charge is 0.176 e. The maximum Gasteiger partial charge on any atom is 0.176 e. The molecule has 2 atom stereocenters. The standard InChI is InChI=1S/C8H14N2/c1-7-4-2-3-5-8(7)10-6-9/h7-8,10H,2-5H2,1H3. The molecule has 2 nitrogen and oxygen atoms in total. The van der Waals surface area contributed by atoms with E-state index in [1.54, 1.807) is 0 Å². The van der Waals surface area contributed by atoms with E-state index in [2.05, 4.69) is 12.2 Å². The summed E-state index contributed by atoms with van der Waals surface area (Å²) in [6.07, 6.45) is 7.09. The molecule has 0 aromatic carbocycles. The molecule has 1 saturated carbocycles. The lowest BCUT2D eigenvalue weighted by molar-refractivity contribution is 0.304. The van der Waals surface area contributed by atoms with Gasteiger partial charge in [-0.2, -0.15) is 5.26 Å². The minimum Gasteiger partial charge on any atom is -0.321 e. The van der Waals surface area contributed by atoms with Gasteiger partial charge in [-0.15, -0.1) is 0 Å². The lowest BCUT2D eigenvalue weighted by atomic mass is 9.86. The minimum absolute atomic E-state index is 0.457. The molecule has 0 spiro atoms. The molecule has 1 N–H and O–H groups in total. The Morgan fingerprint density at radius 2 is 2.10 bits per heavy atom. The Labute approximate surface area is 62.2 Å². The second kappa shape index (κ2) is 3.46. The predicted molar refractivity (Wildman–Crippen MR) is 40.2 cm³/mol. The topological polar surface area (TPSA) is 35.8 Å². The van der Waals surface area contributed by atoms with Gasteiger partial charge in [-0.3, -0.25) is 0 Å². The van der Waals surface area contributed by atoms with E-state index < -0.39 is 0 Å². The molecule has 1 fully saturated rings. The number of nitriles is 1. The van der Waals surface area contributed by atoms with Crippen LogP contribution in [0.15, 0.2) is 0 Å². The fourth-order valence-electron chi connectivity index (χ4n) is 1.61. The van der Waals surface area contributed by atoms with E-state index in [1.807, 2.05) is 6.19 Å². The highest BCUT2D eigenvalue weighted by atomic mass is 14.9. The Morgan fingerprint density at radius 1 is 1.40 bits per heavy atom. The summed E-state index contributed by atoms with van der Waals surface area (Å²) in [5.74, 6) is 0.688. The van der Waals surface area contributed by atoms with Crippen LogP contribution in [0, 0.1) is 17.4 Å². The predicted octanol–water partition coefficient (Wildman–Crippen LogP) is 1.64. The van der Waals surface area contributed by atoms with E-state index in [1.165, 1.54) is 25.7 Å². The molecule has 2 unspecified atom stereocenters. The van der Waals surface area contributed by atoms with Crippen LogP contribution in [0.5, 0.6) is 0 Å². The highest BCUT2D eigenvalue weighted by Gasteiger charge is 2.19.